The van der Waals surface area contributed by atoms with Gasteiger partial charge in [0, 0.05) is 24.0 Å². The zero-order valence-corrected chi connectivity index (χ0v) is 18.1. The highest BCUT2D eigenvalue weighted by Gasteiger charge is 2.26. The first-order valence-electron chi connectivity index (χ1n) is 12.3. The third kappa shape index (κ3) is 4.19. The second kappa shape index (κ2) is 8.68. The van der Waals surface area contributed by atoms with Gasteiger partial charge in [-0.3, -0.25) is 4.90 Å². The molecule has 5 rings (SSSR count). The summed E-state index contributed by atoms with van der Waals surface area (Å²) in [6.45, 7) is 6.98. The Bertz CT molecular complexity index is 752. The van der Waals surface area contributed by atoms with Crippen LogP contribution < -0.4 is 5.32 Å². The van der Waals surface area contributed by atoms with Crippen molar-refractivity contribution in [1.29, 1.82) is 0 Å². The topological polar surface area (TPSA) is 15.3 Å². The molecule has 1 atom stereocenters. The van der Waals surface area contributed by atoms with Gasteiger partial charge in [0.2, 0.25) is 0 Å². The molecule has 0 bridgehead atoms. The van der Waals surface area contributed by atoms with Gasteiger partial charge in [-0.1, -0.05) is 38.0 Å². The number of nitrogens with zero attached hydrogens (tertiary/aromatic N) is 1. The number of aryl methyl sites for hydroxylation is 2. The lowest BCUT2D eigenvalue weighted by Gasteiger charge is -2.29. The Morgan fingerprint density at radius 3 is 2.38 bits per heavy atom. The third-order valence-electron chi connectivity index (χ3n) is 7.91. The summed E-state index contributed by atoms with van der Waals surface area (Å²) < 4.78 is 0. The van der Waals surface area contributed by atoms with Crippen LogP contribution in [0.3, 0.4) is 0 Å². The maximum absolute atomic E-state index is 4.39. The number of anilines is 1. The van der Waals surface area contributed by atoms with Gasteiger partial charge in [0.25, 0.3) is 0 Å². The number of fused-ring (bicyclic) bond motifs is 2. The Hall–Kier alpha value is -1.54. The molecule has 0 aromatic heterocycles. The number of allylic oxidation sites excluding steroid dienone is 1. The van der Waals surface area contributed by atoms with E-state index in [9.17, 15) is 0 Å². The van der Waals surface area contributed by atoms with Gasteiger partial charge in [-0.2, -0.15) is 0 Å². The fraction of sp³-hybridized carbons (Fsp3) is 0.630. The van der Waals surface area contributed by atoms with Gasteiger partial charge in [0.05, 0.1) is 0 Å². The van der Waals surface area contributed by atoms with Crippen LogP contribution in [-0.4, -0.2) is 24.0 Å². The molecule has 0 radical (unpaired) electrons. The van der Waals surface area contributed by atoms with Crippen molar-refractivity contribution in [1.82, 2.24) is 4.90 Å². The van der Waals surface area contributed by atoms with Crippen LogP contribution in [-0.2, 0) is 25.7 Å². The average Bonchev–Trinajstić information content (AvgIpc) is 3.48. The number of nitrogens with one attached hydrogen (secondary N) is 1. The first kappa shape index (κ1) is 19.4. The number of rotatable bonds is 6. The van der Waals surface area contributed by atoms with E-state index in [0.717, 1.165) is 11.6 Å². The SMILES string of the molecule is C=C(/C=C/C1CCCN1CC1CCCCC1)Nc1c2c(cc3c1CCC3)CCC2. The molecule has 1 N–H and O–H groups in total. The maximum atomic E-state index is 4.39. The molecule has 29 heavy (non-hydrogen) atoms. The molecule has 1 saturated carbocycles. The summed E-state index contributed by atoms with van der Waals surface area (Å²) in [4.78, 5) is 2.75. The van der Waals surface area contributed by atoms with Gasteiger partial charge < -0.3 is 5.32 Å². The van der Waals surface area contributed by atoms with Crippen LogP contribution >= 0.6 is 0 Å². The van der Waals surface area contributed by atoms with Crippen molar-refractivity contribution in [3.05, 3.63) is 52.7 Å². The summed E-state index contributed by atoms with van der Waals surface area (Å²) in [5, 5.41) is 3.76. The lowest BCUT2D eigenvalue weighted by atomic mass is 9.89. The fourth-order valence-electron chi connectivity index (χ4n) is 6.39. The van der Waals surface area contributed by atoms with Gasteiger partial charge in [0.15, 0.2) is 0 Å². The second-order valence-corrected chi connectivity index (χ2v) is 9.95. The normalized spacial score (nSPS) is 24.9. The summed E-state index contributed by atoms with van der Waals surface area (Å²) in [5.41, 5.74) is 8.86. The first-order valence-corrected chi connectivity index (χ1v) is 12.3. The maximum Gasteiger partial charge on any atom is 0.0454 e. The Morgan fingerprint density at radius 1 is 0.931 bits per heavy atom. The van der Waals surface area contributed by atoms with Crippen LogP contribution in [0.2, 0.25) is 0 Å². The van der Waals surface area contributed by atoms with Crippen molar-refractivity contribution in [3.8, 4) is 0 Å². The summed E-state index contributed by atoms with van der Waals surface area (Å²) >= 11 is 0. The third-order valence-corrected chi connectivity index (χ3v) is 7.91. The van der Waals surface area contributed by atoms with E-state index in [1.165, 1.54) is 102 Å². The van der Waals surface area contributed by atoms with Crippen molar-refractivity contribution < 1.29 is 0 Å². The lowest BCUT2D eigenvalue weighted by Crippen LogP contribution is -2.33. The molecule has 2 heteroatoms. The zero-order chi connectivity index (χ0) is 19.6. The minimum absolute atomic E-state index is 0.614. The standard InChI is InChI=1S/C27H38N2/c1-20(15-16-24-12-7-17-29(24)19-21-8-3-2-4-9-21)28-27-25-13-5-10-22(25)18-23-11-6-14-26(23)27/h15-16,18,21,24,28H,1-14,17,19H2/b16-15+. The zero-order valence-electron chi connectivity index (χ0n) is 18.1. The average molecular weight is 391 g/mol. The van der Waals surface area contributed by atoms with E-state index in [1.807, 2.05) is 0 Å². The molecule has 156 valence electrons. The molecular formula is C27H38N2. The molecule has 0 spiro atoms. The minimum Gasteiger partial charge on any atom is -0.356 e. The minimum atomic E-state index is 0.614. The summed E-state index contributed by atoms with van der Waals surface area (Å²) in [7, 11) is 0. The number of benzene rings is 1. The lowest BCUT2D eigenvalue weighted by molar-refractivity contribution is 0.208. The van der Waals surface area contributed by atoms with Gasteiger partial charge in [-0.15, -0.1) is 0 Å². The number of likely N-dealkylation sites (tertiary alicyclic amines) is 1. The van der Waals surface area contributed by atoms with Gasteiger partial charge in [-0.25, -0.2) is 0 Å². The fourth-order valence-corrected chi connectivity index (χ4v) is 6.39. The van der Waals surface area contributed by atoms with Crippen molar-refractivity contribution >= 4 is 5.69 Å². The largest absolute Gasteiger partial charge is 0.356 e. The van der Waals surface area contributed by atoms with Crippen LogP contribution in [0.5, 0.6) is 0 Å². The summed E-state index contributed by atoms with van der Waals surface area (Å²) in [6, 6.07) is 3.12. The highest BCUT2D eigenvalue weighted by atomic mass is 15.2. The summed E-state index contributed by atoms with van der Waals surface area (Å²) in [6.07, 6.45) is 22.3. The molecule has 2 nitrogen and oxygen atoms in total. The van der Waals surface area contributed by atoms with E-state index in [4.69, 9.17) is 0 Å². The van der Waals surface area contributed by atoms with Gasteiger partial charge in [0.1, 0.15) is 0 Å². The Kier molecular flexibility index (Phi) is 5.81. The summed E-state index contributed by atoms with van der Waals surface area (Å²) in [5.74, 6) is 0.938. The smallest absolute Gasteiger partial charge is 0.0454 e. The Balaban J connectivity index is 1.25. The number of hydrogen-bond acceptors (Lipinski definition) is 2. The molecule has 1 heterocycles. The molecule has 4 aliphatic rings. The Labute approximate surface area is 177 Å². The molecule has 1 aromatic rings. The van der Waals surface area contributed by atoms with E-state index < -0.39 is 0 Å². The monoisotopic (exact) mass is 390 g/mol. The Morgan fingerprint density at radius 2 is 1.66 bits per heavy atom. The van der Waals surface area contributed by atoms with Crippen LogP contribution in [0.4, 0.5) is 5.69 Å². The molecule has 1 saturated heterocycles. The van der Waals surface area contributed by atoms with Crippen LogP contribution in [0.25, 0.3) is 0 Å². The van der Waals surface area contributed by atoms with Gasteiger partial charge >= 0.3 is 0 Å². The second-order valence-electron chi connectivity index (χ2n) is 9.95. The molecule has 2 fully saturated rings. The van der Waals surface area contributed by atoms with Crippen LogP contribution in [0.1, 0.15) is 80.0 Å². The van der Waals surface area contributed by atoms with E-state index in [0.29, 0.717) is 6.04 Å². The molecule has 1 unspecified atom stereocenters. The highest BCUT2D eigenvalue weighted by molar-refractivity contribution is 5.68. The van der Waals surface area contributed by atoms with Crippen molar-refractivity contribution in [2.45, 2.75) is 89.5 Å². The number of hydrogen-bond donors (Lipinski definition) is 1. The highest BCUT2D eigenvalue weighted by Crippen LogP contribution is 2.39. The first-order chi connectivity index (χ1) is 14.3. The molecular weight excluding hydrogens is 352 g/mol. The van der Waals surface area contributed by atoms with E-state index >= 15 is 0 Å². The van der Waals surface area contributed by atoms with Crippen molar-refractivity contribution in [2.75, 3.05) is 18.4 Å². The van der Waals surface area contributed by atoms with E-state index in [2.05, 4.69) is 35.0 Å². The molecule has 0 amide bonds. The predicted molar refractivity (Wildman–Crippen MR) is 124 cm³/mol. The van der Waals surface area contributed by atoms with Crippen molar-refractivity contribution in [2.24, 2.45) is 5.92 Å². The van der Waals surface area contributed by atoms with E-state index in [1.54, 1.807) is 22.3 Å². The predicted octanol–water partition coefficient (Wildman–Crippen LogP) is 6.19. The molecule has 1 aliphatic heterocycles. The van der Waals surface area contributed by atoms with E-state index in [-0.39, 0.29) is 0 Å². The molecule has 3 aliphatic carbocycles. The molecule has 1 aromatic carbocycles. The van der Waals surface area contributed by atoms with Crippen molar-refractivity contribution in [3.63, 3.8) is 0 Å². The van der Waals surface area contributed by atoms with Crippen LogP contribution in [0.15, 0.2) is 30.5 Å². The quantitative estimate of drug-likeness (QED) is 0.583. The van der Waals surface area contributed by atoms with Crippen LogP contribution in [0, 0.1) is 5.92 Å². The van der Waals surface area contributed by atoms with Gasteiger partial charge in [-0.05, 0) is 105 Å².